The minimum absolute atomic E-state index is 0. The molecule has 1 rings (SSSR count). The fourth-order valence-corrected chi connectivity index (χ4v) is 1.06. The molecule has 0 saturated heterocycles. The van der Waals surface area contributed by atoms with Gasteiger partial charge in [-0.2, -0.15) is 6.42 Å². The third-order valence-corrected chi connectivity index (χ3v) is 2.08. The second-order valence-corrected chi connectivity index (χ2v) is 3.10. The Morgan fingerprint density at radius 3 is 2.17 bits per heavy atom. The van der Waals surface area contributed by atoms with Crippen LogP contribution in [0.15, 0.2) is 24.3 Å². The van der Waals surface area contributed by atoms with Gasteiger partial charge in [0.05, 0.1) is 0 Å². The molecule has 12 heavy (non-hydrogen) atoms. The number of aryl methyl sites for hydroxylation is 1. The molecule has 1 heteroatoms. The SMILES string of the molecule is [CH2-]CC(C)c1ccc(C)cc1.[Y]. The molecular weight excluding hydrogens is 221 g/mol. The molecule has 0 amide bonds. The van der Waals surface area contributed by atoms with E-state index in [4.69, 9.17) is 0 Å². The van der Waals surface area contributed by atoms with E-state index < -0.39 is 0 Å². The van der Waals surface area contributed by atoms with Gasteiger partial charge in [0.25, 0.3) is 0 Å². The molecule has 0 heterocycles. The molecule has 1 aromatic rings. The van der Waals surface area contributed by atoms with Gasteiger partial charge in [-0.15, -0.1) is 0 Å². The second kappa shape index (κ2) is 5.88. The summed E-state index contributed by atoms with van der Waals surface area (Å²) in [5.41, 5.74) is 2.72. The maximum absolute atomic E-state index is 3.88. The summed E-state index contributed by atoms with van der Waals surface area (Å²) in [4.78, 5) is 0. The summed E-state index contributed by atoms with van der Waals surface area (Å²) in [6.07, 6.45) is 0.975. The number of hydrogen-bond donors (Lipinski definition) is 0. The van der Waals surface area contributed by atoms with E-state index in [-0.39, 0.29) is 32.7 Å². The minimum Gasteiger partial charge on any atom is -0.343 e. The molecule has 0 fully saturated rings. The van der Waals surface area contributed by atoms with E-state index in [1.54, 1.807) is 0 Å². The van der Waals surface area contributed by atoms with Gasteiger partial charge in [-0.1, -0.05) is 36.8 Å². The maximum Gasteiger partial charge on any atom is 0 e. The Labute approximate surface area is 101 Å². The zero-order valence-corrected chi connectivity index (χ0v) is 10.7. The Bertz CT molecular complexity index is 213. The molecule has 0 aliphatic carbocycles. The molecule has 1 atom stereocenters. The normalized spacial score (nSPS) is 11.9. The van der Waals surface area contributed by atoms with E-state index in [1.165, 1.54) is 11.1 Å². The summed E-state index contributed by atoms with van der Waals surface area (Å²) in [5, 5.41) is 0. The predicted octanol–water partition coefficient (Wildman–Crippen LogP) is 3.32. The Hall–Kier alpha value is 0.324. The predicted molar refractivity (Wildman–Crippen MR) is 49.6 cm³/mol. The Balaban J connectivity index is 0.00000121. The molecule has 0 bridgehead atoms. The molecule has 0 spiro atoms. The first-order valence-corrected chi connectivity index (χ1v) is 4.10. The van der Waals surface area contributed by atoms with E-state index >= 15 is 0 Å². The Morgan fingerprint density at radius 1 is 1.25 bits per heavy atom. The first kappa shape index (κ1) is 12.3. The van der Waals surface area contributed by atoms with Crippen molar-refractivity contribution in [2.24, 2.45) is 0 Å². The second-order valence-electron chi connectivity index (χ2n) is 3.10. The van der Waals surface area contributed by atoms with Crippen molar-refractivity contribution in [3.05, 3.63) is 42.3 Å². The van der Waals surface area contributed by atoms with Gasteiger partial charge < -0.3 is 6.92 Å². The topological polar surface area (TPSA) is 0 Å². The molecule has 0 aromatic heterocycles. The van der Waals surface area contributed by atoms with Crippen molar-refractivity contribution in [2.75, 3.05) is 0 Å². The van der Waals surface area contributed by atoms with Crippen molar-refractivity contribution in [1.82, 2.24) is 0 Å². The smallest absolute Gasteiger partial charge is 0 e. The third-order valence-electron chi connectivity index (χ3n) is 2.08. The summed E-state index contributed by atoms with van der Waals surface area (Å²) >= 11 is 0. The molecule has 0 nitrogen and oxygen atoms in total. The van der Waals surface area contributed by atoms with Crippen LogP contribution in [-0.4, -0.2) is 0 Å². The van der Waals surface area contributed by atoms with Crippen LogP contribution in [0.3, 0.4) is 0 Å². The Kier molecular flexibility index (Phi) is 6.04. The van der Waals surface area contributed by atoms with Crippen molar-refractivity contribution in [2.45, 2.75) is 26.2 Å². The molecule has 0 N–H and O–H groups in total. The molecule has 0 aliphatic rings. The maximum atomic E-state index is 3.88. The zero-order chi connectivity index (χ0) is 8.27. The quantitative estimate of drug-likeness (QED) is 0.691. The van der Waals surface area contributed by atoms with Crippen LogP contribution >= 0.6 is 0 Å². The summed E-state index contributed by atoms with van der Waals surface area (Å²) in [6, 6.07) is 8.68. The number of rotatable bonds is 2. The van der Waals surface area contributed by atoms with Gasteiger partial charge in [-0.25, -0.2) is 0 Å². The van der Waals surface area contributed by atoms with Crippen molar-refractivity contribution < 1.29 is 32.7 Å². The molecular formula is C11H15Y-. The molecule has 0 aliphatic heterocycles. The molecule has 1 radical (unpaired) electrons. The van der Waals surface area contributed by atoms with Crippen molar-refractivity contribution >= 4 is 0 Å². The van der Waals surface area contributed by atoms with E-state index in [0.29, 0.717) is 5.92 Å². The largest absolute Gasteiger partial charge is 0.343 e. The summed E-state index contributed by atoms with van der Waals surface area (Å²) < 4.78 is 0. The molecule has 1 unspecified atom stereocenters. The summed E-state index contributed by atoms with van der Waals surface area (Å²) in [7, 11) is 0. The van der Waals surface area contributed by atoms with Crippen LogP contribution in [-0.2, 0) is 32.7 Å². The van der Waals surface area contributed by atoms with Crippen LogP contribution in [0.2, 0.25) is 0 Å². The average molecular weight is 236 g/mol. The van der Waals surface area contributed by atoms with Crippen LogP contribution in [0, 0.1) is 13.8 Å². The molecule has 0 saturated carbocycles. The van der Waals surface area contributed by atoms with Gasteiger partial charge in [-0.05, 0) is 18.4 Å². The zero-order valence-electron chi connectivity index (χ0n) is 7.88. The van der Waals surface area contributed by atoms with Gasteiger partial charge in [0.1, 0.15) is 0 Å². The van der Waals surface area contributed by atoms with Gasteiger partial charge in [0.15, 0.2) is 0 Å². The summed E-state index contributed by atoms with van der Waals surface area (Å²) in [6.45, 7) is 8.20. The van der Waals surface area contributed by atoms with Crippen molar-refractivity contribution in [3.63, 3.8) is 0 Å². The van der Waals surface area contributed by atoms with Crippen LogP contribution in [0.25, 0.3) is 0 Å². The fraction of sp³-hybridized carbons (Fsp3) is 0.364. The Morgan fingerprint density at radius 2 is 1.75 bits per heavy atom. The van der Waals surface area contributed by atoms with E-state index in [1.807, 2.05) is 0 Å². The van der Waals surface area contributed by atoms with Crippen LogP contribution in [0.5, 0.6) is 0 Å². The van der Waals surface area contributed by atoms with Crippen LogP contribution in [0.1, 0.15) is 30.4 Å². The van der Waals surface area contributed by atoms with Crippen LogP contribution < -0.4 is 0 Å². The van der Waals surface area contributed by atoms with Gasteiger partial charge in [-0.3, -0.25) is 0 Å². The standard InChI is InChI=1S/C11H15.Y/c1-4-10(3)11-7-5-9(2)6-8-11;/h5-8,10H,1,4H2,2-3H3;/q-1;. The van der Waals surface area contributed by atoms with E-state index in [2.05, 4.69) is 45.0 Å². The van der Waals surface area contributed by atoms with E-state index in [0.717, 1.165) is 6.42 Å². The first-order valence-electron chi connectivity index (χ1n) is 4.10. The fourth-order valence-electron chi connectivity index (χ4n) is 1.06. The molecule has 63 valence electrons. The monoisotopic (exact) mass is 236 g/mol. The number of benzene rings is 1. The molecule has 1 aromatic carbocycles. The minimum atomic E-state index is 0. The van der Waals surface area contributed by atoms with Crippen molar-refractivity contribution in [1.29, 1.82) is 0 Å². The third kappa shape index (κ3) is 3.37. The van der Waals surface area contributed by atoms with Gasteiger partial charge in [0, 0.05) is 32.7 Å². The van der Waals surface area contributed by atoms with Gasteiger partial charge in [0.2, 0.25) is 0 Å². The van der Waals surface area contributed by atoms with Crippen molar-refractivity contribution in [3.8, 4) is 0 Å². The van der Waals surface area contributed by atoms with Crippen LogP contribution in [0.4, 0.5) is 0 Å². The van der Waals surface area contributed by atoms with Gasteiger partial charge >= 0.3 is 0 Å². The number of hydrogen-bond acceptors (Lipinski definition) is 0. The summed E-state index contributed by atoms with van der Waals surface area (Å²) in [5.74, 6) is 0.593. The first-order chi connectivity index (χ1) is 5.24. The van der Waals surface area contributed by atoms with E-state index in [9.17, 15) is 0 Å². The average Bonchev–Trinajstić information content (AvgIpc) is 2.05.